The van der Waals surface area contributed by atoms with Gasteiger partial charge in [-0.05, 0) is 31.0 Å². The van der Waals surface area contributed by atoms with E-state index in [9.17, 15) is 5.11 Å². The van der Waals surface area contributed by atoms with Gasteiger partial charge in [-0.25, -0.2) is 0 Å². The van der Waals surface area contributed by atoms with Crippen LogP contribution in [0.5, 0.6) is 0 Å². The number of guanidine groups is 1. The monoisotopic (exact) mass is 369 g/mol. The second-order valence-corrected chi connectivity index (χ2v) is 7.34. The fraction of sp³-hybridized carbons (Fsp3) is 0.500. The van der Waals surface area contributed by atoms with Crippen molar-refractivity contribution in [1.29, 1.82) is 0 Å². The molecule has 132 valence electrons. The predicted molar refractivity (Wildman–Crippen MR) is 99.7 cm³/mol. The van der Waals surface area contributed by atoms with E-state index in [4.69, 9.17) is 11.6 Å². The van der Waals surface area contributed by atoms with Crippen LogP contribution < -0.4 is 10.6 Å². The number of rotatable bonds is 8. The topological polar surface area (TPSA) is 74.5 Å². The van der Waals surface area contributed by atoms with Crippen molar-refractivity contribution in [3.63, 3.8) is 0 Å². The number of hydrogen-bond donors (Lipinski definition) is 3. The van der Waals surface area contributed by atoms with Crippen LogP contribution in [-0.4, -0.2) is 40.5 Å². The van der Waals surface area contributed by atoms with Gasteiger partial charge in [0.1, 0.15) is 6.10 Å². The van der Waals surface area contributed by atoms with Crippen LogP contribution in [0.3, 0.4) is 0 Å². The Bertz CT molecular complexity index is 628. The van der Waals surface area contributed by atoms with Gasteiger partial charge in [0.2, 0.25) is 0 Å². The van der Waals surface area contributed by atoms with Crippen molar-refractivity contribution in [2.75, 3.05) is 19.6 Å². The maximum Gasteiger partial charge on any atom is 0.191 e. The van der Waals surface area contributed by atoms with Crippen molar-refractivity contribution >= 4 is 28.9 Å². The SMILES string of the molecule is CCNC(=NCC(C)Cn1cccn1)NCC(O)c1ccc(Cl)s1. The Kier molecular flexibility index (Phi) is 7.55. The zero-order valence-corrected chi connectivity index (χ0v) is 15.5. The van der Waals surface area contributed by atoms with Gasteiger partial charge in [0, 0.05) is 43.4 Å². The van der Waals surface area contributed by atoms with Gasteiger partial charge >= 0.3 is 0 Å². The standard InChI is InChI=1S/C16H24ClN5OS/c1-3-18-16(19-9-12(2)11-22-8-4-7-21-22)20-10-13(23)14-5-6-15(17)24-14/h4-8,12-13,23H,3,9-11H2,1-2H3,(H2,18,19,20). The lowest BCUT2D eigenvalue weighted by atomic mass is 10.2. The molecule has 0 spiro atoms. The average Bonchev–Trinajstić information content (AvgIpc) is 3.21. The first-order chi connectivity index (χ1) is 11.6. The van der Waals surface area contributed by atoms with Crippen LogP contribution in [0.4, 0.5) is 0 Å². The van der Waals surface area contributed by atoms with E-state index >= 15 is 0 Å². The first-order valence-corrected chi connectivity index (χ1v) is 9.20. The molecule has 24 heavy (non-hydrogen) atoms. The summed E-state index contributed by atoms with van der Waals surface area (Å²) >= 11 is 7.29. The Morgan fingerprint density at radius 3 is 2.92 bits per heavy atom. The molecule has 3 N–H and O–H groups in total. The number of halogens is 1. The molecule has 0 aromatic carbocycles. The molecule has 0 saturated carbocycles. The normalized spacial score (nSPS) is 14.4. The molecule has 0 saturated heterocycles. The summed E-state index contributed by atoms with van der Waals surface area (Å²) in [5.74, 6) is 1.06. The predicted octanol–water partition coefficient (Wildman–Crippen LogP) is 2.52. The van der Waals surface area contributed by atoms with Gasteiger partial charge in [-0.3, -0.25) is 9.67 Å². The molecule has 2 atom stereocenters. The molecule has 2 aromatic heterocycles. The van der Waals surface area contributed by atoms with Crippen LogP contribution in [0.15, 0.2) is 35.6 Å². The van der Waals surface area contributed by atoms with E-state index < -0.39 is 6.10 Å². The summed E-state index contributed by atoms with van der Waals surface area (Å²) in [6, 6.07) is 5.55. The van der Waals surface area contributed by atoms with Gasteiger partial charge in [-0.1, -0.05) is 18.5 Å². The highest BCUT2D eigenvalue weighted by atomic mass is 35.5. The summed E-state index contributed by atoms with van der Waals surface area (Å²) in [4.78, 5) is 5.43. The summed E-state index contributed by atoms with van der Waals surface area (Å²) in [7, 11) is 0. The maximum atomic E-state index is 10.2. The zero-order chi connectivity index (χ0) is 17.4. The van der Waals surface area contributed by atoms with Crippen LogP contribution in [-0.2, 0) is 6.54 Å². The van der Waals surface area contributed by atoms with Crippen LogP contribution in [0.2, 0.25) is 4.34 Å². The number of hydrogen-bond acceptors (Lipinski definition) is 4. The van der Waals surface area contributed by atoms with Crippen molar-refractivity contribution < 1.29 is 5.11 Å². The number of thiophene rings is 1. The van der Waals surface area contributed by atoms with E-state index in [0.717, 1.165) is 18.0 Å². The van der Waals surface area contributed by atoms with Crippen LogP contribution in [0.25, 0.3) is 0 Å². The second-order valence-electron chi connectivity index (χ2n) is 5.59. The molecule has 0 radical (unpaired) electrons. The Labute approximate surface area is 151 Å². The van der Waals surface area contributed by atoms with Crippen molar-refractivity contribution in [3.8, 4) is 0 Å². The van der Waals surface area contributed by atoms with Gasteiger partial charge in [-0.15, -0.1) is 11.3 Å². The van der Waals surface area contributed by atoms with Crippen molar-refractivity contribution in [2.24, 2.45) is 10.9 Å². The molecule has 2 heterocycles. The Balaban J connectivity index is 1.83. The van der Waals surface area contributed by atoms with Crippen molar-refractivity contribution in [2.45, 2.75) is 26.5 Å². The van der Waals surface area contributed by atoms with E-state index in [0.29, 0.717) is 29.3 Å². The number of nitrogens with zero attached hydrogens (tertiary/aromatic N) is 3. The van der Waals surface area contributed by atoms with Crippen LogP contribution >= 0.6 is 22.9 Å². The Morgan fingerprint density at radius 1 is 1.46 bits per heavy atom. The first kappa shape index (κ1) is 18.8. The lowest BCUT2D eigenvalue weighted by Gasteiger charge is -2.15. The molecule has 0 amide bonds. The van der Waals surface area contributed by atoms with E-state index in [1.54, 1.807) is 12.3 Å². The molecule has 0 aliphatic carbocycles. The fourth-order valence-corrected chi connectivity index (χ4v) is 3.22. The summed E-state index contributed by atoms with van der Waals surface area (Å²) in [5.41, 5.74) is 0. The molecule has 0 aliphatic heterocycles. The molecular formula is C16H24ClN5OS. The van der Waals surface area contributed by atoms with E-state index in [1.165, 1.54) is 11.3 Å². The minimum atomic E-state index is -0.604. The highest BCUT2D eigenvalue weighted by Crippen LogP contribution is 2.26. The van der Waals surface area contributed by atoms with Gasteiger partial charge in [0.15, 0.2) is 5.96 Å². The molecule has 0 bridgehead atoms. The summed E-state index contributed by atoms with van der Waals surface area (Å²) < 4.78 is 2.59. The molecule has 8 heteroatoms. The second kappa shape index (κ2) is 9.66. The highest BCUT2D eigenvalue weighted by molar-refractivity contribution is 7.16. The largest absolute Gasteiger partial charge is 0.386 e. The quantitative estimate of drug-likeness (QED) is 0.493. The minimum Gasteiger partial charge on any atom is -0.386 e. The van der Waals surface area contributed by atoms with Crippen LogP contribution in [0.1, 0.15) is 24.8 Å². The fourth-order valence-electron chi connectivity index (χ4n) is 2.18. The lowest BCUT2D eigenvalue weighted by molar-refractivity contribution is 0.184. The molecular weight excluding hydrogens is 346 g/mol. The zero-order valence-electron chi connectivity index (χ0n) is 13.9. The van der Waals surface area contributed by atoms with Gasteiger partial charge in [0.05, 0.1) is 4.34 Å². The third-order valence-electron chi connectivity index (χ3n) is 3.35. The van der Waals surface area contributed by atoms with Crippen molar-refractivity contribution in [1.82, 2.24) is 20.4 Å². The number of aromatic nitrogens is 2. The number of aliphatic imine (C=N–C) groups is 1. The molecule has 6 nitrogen and oxygen atoms in total. The smallest absolute Gasteiger partial charge is 0.191 e. The third kappa shape index (κ3) is 6.14. The van der Waals surface area contributed by atoms with E-state index in [2.05, 4.69) is 27.6 Å². The van der Waals surface area contributed by atoms with Gasteiger partial charge < -0.3 is 15.7 Å². The molecule has 2 unspecified atom stereocenters. The van der Waals surface area contributed by atoms with E-state index in [1.807, 2.05) is 29.9 Å². The van der Waals surface area contributed by atoms with Crippen LogP contribution in [0, 0.1) is 5.92 Å². The average molecular weight is 370 g/mol. The Morgan fingerprint density at radius 2 is 2.29 bits per heavy atom. The molecule has 2 aromatic rings. The highest BCUT2D eigenvalue weighted by Gasteiger charge is 2.11. The Hall–Kier alpha value is -1.57. The van der Waals surface area contributed by atoms with Gasteiger partial charge in [0.25, 0.3) is 0 Å². The molecule has 0 fully saturated rings. The lowest BCUT2D eigenvalue weighted by Crippen LogP contribution is -2.39. The summed E-state index contributed by atoms with van der Waals surface area (Å²) in [6.07, 6.45) is 3.12. The molecule has 0 aliphatic rings. The van der Waals surface area contributed by atoms with Crippen molar-refractivity contribution in [3.05, 3.63) is 39.8 Å². The first-order valence-electron chi connectivity index (χ1n) is 8.01. The minimum absolute atomic E-state index is 0.362. The third-order valence-corrected chi connectivity index (χ3v) is 4.68. The summed E-state index contributed by atoms with van der Waals surface area (Å²) in [5, 5.41) is 20.8. The number of aliphatic hydroxyl groups excluding tert-OH is 1. The van der Waals surface area contributed by atoms with E-state index in [-0.39, 0.29) is 0 Å². The summed E-state index contributed by atoms with van der Waals surface area (Å²) in [6.45, 7) is 6.80. The number of nitrogens with one attached hydrogen (secondary N) is 2. The molecule has 2 rings (SSSR count). The maximum absolute atomic E-state index is 10.2. The van der Waals surface area contributed by atoms with Gasteiger partial charge in [-0.2, -0.15) is 5.10 Å². The number of aliphatic hydroxyl groups is 1.